The summed E-state index contributed by atoms with van der Waals surface area (Å²) in [4.78, 5) is 12.9. The maximum atomic E-state index is 11.6. The highest BCUT2D eigenvalue weighted by molar-refractivity contribution is 8.25. The lowest BCUT2D eigenvalue weighted by Gasteiger charge is -2.17. The number of esters is 1. The van der Waals surface area contributed by atoms with E-state index in [1.807, 2.05) is 0 Å². The summed E-state index contributed by atoms with van der Waals surface area (Å²) in [5.41, 5.74) is 0.483. The van der Waals surface area contributed by atoms with E-state index < -0.39 is 21.2 Å². The van der Waals surface area contributed by atoms with Gasteiger partial charge in [-0.1, -0.05) is 24.0 Å². The molecule has 1 aromatic rings. The molecule has 0 radical (unpaired) electrons. The number of nitrogens with zero attached hydrogens (tertiary/aromatic N) is 1. The number of primary sulfonamides is 1. The Morgan fingerprint density at radius 1 is 1.43 bits per heavy atom. The molecule has 2 rings (SSSR count). The Labute approximate surface area is 131 Å². The molecule has 1 aliphatic rings. The Kier molecular flexibility index (Phi) is 4.33. The van der Waals surface area contributed by atoms with Gasteiger partial charge >= 0.3 is 5.97 Å². The highest BCUT2D eigenvalue weighted by atomic mass is 32.2. The van der Waals surface area contributed by atoms with Crippen molar-refractivity contribution in [3.05, 3.63) is 24.3 Å². The lowest BCUT2D eigenvalue weighted by atomic mass is 10.2. The third kappa shape index (κ3) is 3.07. The lowest BCUT2D eigenvalue weighted by Crippen LogP contribution is -2.34. The third-order valence-corrected chi connectivity index (χ3v) is 5.17. The standard InChI is InChI=1S/C11H11N3O4S3/c1-18-10(15)8-9(12)14(11(19)20-8)6-2-4-7(5-3-6)21(13,16)17/h2-5,8,12H,1H3,(H2,13,16,17). The number of amidine groups is 1. The Morgan fingerprint density at radius 2 is 2.00 bits per heavy atom. The van der Waals surface area contributed by atoms with Gasteiger partial charge in [0.05, 0.1) is 12.0 Å². The van der Waals surface area contributed by atoms with E-state index in [0.29, 0.717) is 10.0 Å². The Hall–Kier alpha value is -1.49. The monoisotopic (exact) mass is 345 g/mol. The molecule has 1 aromatic carbocycles. The summed E-state index contributed by atoms with van der Waals surface area (Å²) in [6.07, 6.45) is 0. The van der Waals surface area contributed by atoms with Crippen LogP contribution in [-0.2, 0) is 19.6 Å². The minimum absolute atomic E-state index is 0.0276. The predicted molar refractivity (Wildman–Crippen MR) is 84.0 cm³/mol. The van der Waals surface area contributed by atoms with Crippen molar-refractivity contribution in [2.45, 2.75) is 10.1 Å². The summed E-state index contributed by atoms with van der Waals surface area (Å²) >= 11 is 6.18. The largest absolute Gasteiger partial charge is 0.468 e. The number of hydrogen-bond acceptors (Lipinski definition) is 7. The van der Waals surface area contributed by atoms with Crippen LogP contribution in [0.2, 0.25) is 0 Å². The number of hydrogen-bond donors (Lipinski definition) is 2. The summed E-state index contributed by atoms with van der Waals surface area (Å²) in [7, 11) is -2.54. The number of carbonyl (C=O) groups is 1. The first-order chi connectivity index (χ1) is 9.75. The summed E-state index contributed by atoms with van der Waals surface area (Å²) in [6.45, 7) is 0. The van der Waals surface area contributed by atoms with Crippen LogP contribution < -0.4 is 10.0 Å². The third-order valence-electron chi connectivity index (χ3n) is 2.73. The molecule has 1 atom stereocenters. The molecule has 1 saturated heterocycles. The number of nitrogens with one attached hydrogen (secondary N) is 1. The van der Waals surface area contributed by atoms with Crippen LogP contribution in [0.3, 0.4) is 0 Å². The molecule has 0 aromatic heterocycles. The van der Waals surface area contributed by atoms with Gasteiger partial charge in [0.1, 0.15) is 10.2 Å². The van der Waals surface area contributed by atoms with Crippen LogP contribution in [0.5, 0.6) is 0 Å². The molecule has 7 nitrogen and oxygen atoms in total. The minimum Gasteiger partial charge on any atom is -0.468 e. The van der Waals surface area contributed by atoms with E-state index in [2.05, 4.69) is 4.74 Å². The summed E-state index contributed by atoms with van der Waals surface area (Å²) in [5, 5.41) is 12.2. The number of thioether (sulfide) groups is 1. The van der Waals surface area contributed by atoms with E-state index in [-0.39, 0.29) is 10.7 Å². The number of nitrogens with two attached hydrogens (primary N) is 1. The fourth-order valence-electron chi connectivity index (χ4n) is 1.72. The van der Waals surface area contributed by atoms with Crippen LogP contribution in [-0.4, -0.2) is 36.9 Å². The number of thiocarbonyl (C=S) groups is 1. The van der Waals surface area contributed by atoms with E-state index in [4.69, 9.17) is 22.8 Å². The van der Waals surface area contributed by atoms with Crippen molar-refractivity contribution in [2.24, 2.45) is 5.14 Å². The van der Waals surface area contributed by atoms with Gasteiger partial charge in [-0.3, -0.25) is 15.1 Å². The van der Waals surface area contributed by atoms with Crippen LogP contribution in [0.1, 0.15) is 0 Å². The maximum absolute atomic E-state index is 11.6. The number of anilines is 1. The first-order valence-corrected chi connectivity index (χ1v) is 8.39. The molecule has 3 N–H and O–H groups in total. The first kappa shape index (κ1) is 15.9. The number of carbonyl (C=O) groups excluding carboxylic acids is 1. The van der Waals surface area contributed by atoms with Crippen LogP contribution in [0.25, 0.3) is 0 Å². The second-order valence-corrected chi connectivity index (χ2v) is 7.35. The summed E-state index contributed by atoms with van der Waals surface area (Å²) in [5.74, 6) is -0.587. The highest BCUT2D eigenvalue weighted by Gasteiger charge is 2.40. The number of methoxy groups -OCH3 is 1. The van der Waals surface area contributed by atoms with Crippen molar-refractivity contribution >= 4 is 55.8 Å². The topological polar surface area (TPSA) is 114 Å². The molecule has 0 saturated carbocycles. The molecule has 0 spiro atoms. The Bertz CT molecular complexity index is 715. The first-order valence-electron chi connectivity index (χ1n) is 5.55. The van der Waals surface area contributed by atoms with Crippen molar-refractivity contribution in [2.75, 3.05) is 12.0 Å². The molecule has 0 aliphatic carbocycles. The molecule has 1 fully saturated rings. The van der Waals surface area contributed by atoms with Crippen molar-refractivity contribution in [1.29, 1.82) is 5.41 Å². The van der Waals surface area contributed by atoms with Gasteiger partial charge in [0.2, 0.25) is 10.0 Å². The molecule has 112 valence electrons. The molecule has 1 aliphatic heterocycles. The quantitative estimate of drug-likeness (QED) is 0.612. The van der Waals surface area contributed by atoms with Gasteiger partial charge in [0, 0.05) is 5.69 Å². The SMILES string of the molecule is COC(=O)C1SC(=S)N(c2ccc(S(N)(=O)=O)cc2)C1=N. The summed E-state index contributed by atoms with van der Waals surface area (Å²) < 4.78 is 27.3. The lowest BCUT2D eigenvalue weighted by molar-refractivity contribution is -0.138. The summed E-state index contributed by atoms with van der Waals surface area (Å²) in [6, 6.07) is 5.58. The zero-order chi connectivity index (χ0) is 15.8. The van der Waals surface area contributed by atoms with Crippen LogP contribution in [0, 0.1) is 5.41 Å². The van der Waals surface area contributed by atoms with E-state index in [9.17, 15) is 13.2 Å². The molecular formula is C11H11N3O4S3. The molecule has 10 heteroatoms. The highest BCUT2D eigenvalue weighted by Crippen LogP contribution is 2.33. The Morgan fingerprint density at radius 3 is 2.48 bits per heavy atom. The molecule has 0 bridgehead atoms. The van der Waals surface area contributed by atoms with Crippen molar-refractivity contribution in [1.82, 2.24) is 0 Å². The van der Waals surface area contributed by atoms with Crippen molar-refractivity contribution < 1.29 is 17.9 Å². The zero-order valence-corrected chi connectivity index (χ0v) is 13.2. The number of rotatable bonds is 3. The second-order valence-electron chi connectivity index (χ2n) is 4.05. The van der Waals surface area contributed by atoms with Gasteiger partial charge in [-0.05, 0) is 24.3 Å². The average molecular weight is 345 g/mol. The van der Waals surface area contributed by atoms with E-state index in [1.54, 1.807) is 0 Å². The Balaban J connectivity index is 2.32. The number of benzene rings is 1. The van der Waals surface area contributed by atoms with Crippen LogP contribution in [0.15, 0.2) is 29.2 Å². The van der Waals surface area contributed by atoms with E-state index in [0.717, 1.165) is 11.8 Å². The van der Waals surface area contributed by atoms with Gasteiger partial charge in [-0.15, -0.1) is 0 Å². The molecule has 0 amide bonds. The fraction of sp³-hybridized carbons (Fsp3) is 0.182. The minimum atomic E-state index is -3.78. The van der Waals surface area contributed by atoms with Crippen LogP contribution >= 0.6 is 24.0 Å². The van der Waals surface area contributed by atoms with Crippen molar-refractivity contribution in [3.8, 4) is 0 Å². The van der Waals surface area contributed by atoms with E-state index in [1.165, 1.54) is 36.3 Å². The van der Waals surface area contributed by atoms with Gasteiger partial charge in [0.15, 0.2) is 5.25 Å². The van der Waals surface area contributed by atoms with Gasteiger partial charge in [-0.2, -0.15) is 0 Å². The second kappa shape index (κ2) is 5.72. The molecule has 21 heavy (non-hydrogen) atoms. The smallest absolute Gasteiger partial charge is 0.327 e. The fourth-order valence-corrected chi connectivity index (χ4v) is 3.65. The molecule has 1 unspecified atom stereocenters. The molecule has 1 heterocycles. The van der Waals surface area contributed by atoms with Crippen molar-refractivity contribution in [3.63, 3.8) is 0 Å². The van der Waals surface area contributed by atoms with E-state index >= 15 is 0 Å². The average Bonchev–Trinajstić information content (AvgIpc) is 2.72. The van der Waals surface area contributed by atoms with Gasteiger partial charge in [-0.25, -0.2) is 13.6 Å². The predicted octanol–water partition coefficient (Wildman–Crippen LogP) is 0.691. The maximum Gasteiger partial charge on any atom is 0.327 e. The van der Waals surface area contributed by atoms with Crippen LogP contribution in [0.4, 0.5) is 5.69 Å². The molecular weight excluding hydrogens is 334 g/mol. The van der Waals surface area contributed by atoms with Gasteiger partial charge < -0.3 is 4.74 Å². The normalized spacial score (nSPS) is 19.0. The number of sulfonamides is 1. The zero-order valence-electron chi connectivity index (χ0n) is 10.8. The van der Waals surface area contributed by atoms with Gasteiger partial charge in [0.25, 0.3) is 0 Å². The number of ether oxygens (including phenoxy) is 1.